The SMILES string of the molecule is Cc1nc(-c2cc(C(=O)NC(CCN)C(F)F)n(C)c2)cs1. The fourth-order valence-electron chi connectivity index (χ4n) is 2.11. The molecular weight excluding hydrogens is 310 g/mol. The van der Waals surface area contributed by atoms with E-state index in [1.165, 1.54) is 11.3 Å². The zero-order valence-corrected chi connectivity index (χ0v) is 13.2. The molecule has 0 radical (unpaired) electrons. The van der Waals surface area contributed by atoms with Crippen molar-refractivity contribution in [1.29, 1.82) is 0 Å². The number of thiazole rings is 1. The van der Waals surface area contributed by atoms with E-state index >= 15 is 0 Å². The van der Waals surface area contributed by atoms with Gasteiger partial charge in [-0.25, -0.2) is 13.8 Å². The number of halogens is 2. The van der Waals surface area contributed by atoms with Crippen LogP contribution < -0.4 is 11.1 Å². The van der Waals surface area contributed by atoms with E-state index < -0.39 is 18.4 Å². The van der Waals surface area contributed by atoms with Gasteiger partial charge in [0.25, 0.3) is 12.3 Å². The second kappa shape index (κ2) is 6.97. The van der Waals surface area contributed by atoms with Crippen LogP contribution in [-0.2, 0) is 7.05 Å². The Bertz CT molecular complexity index is 653. The number of aromatic nitrogens is 2. The lowest BCUT2D eigenvalue weighted by molar-refractivity contribution is 0.0725. The van der Waals surface area contributed by atoms with Gasteiger partial charge in [0.1, 0.15) is 5.69 Å². The molecule has 0 aliphatic carbocycles. The molecular formula is C14H18F2N4OS. The highest BCUT2D eigenvalue weighted by molar-refractivity contribution is 7.09. The number of hydrogen-bond donors (Lipinski definition) is 2. The van der Waals surface area contributed by atoms with E-state index in [0.29, 0.717) is 5.69 Å². The fraction of sp³-hybridized carbons (Fsp3) is 0.429. The molecule has 5 nitrogen and oxygen atoms in total. The van der Waals surface area contributed by atoms with E-state index in [2.05, 4.69) is 10.3 Å². The maximum absolute atomic E-state index is 12.9. The first kappa shape index (κ1) is 16.6. The van der Waals surface area contributed by atoms with Gasteiger partial charge in [-0.1, -0.05) is 0 Å². The maximum atomic E-state index is 12.9. The molecule has 1 unspecified atom stereocenters. The molecule has 2 aromatic heterocycles. The molecule has 120 valence electrons. The molecule has 22 heavy (non-hydrogen) atoms. The Hall–Kier alpha value is -1.80. The normalized spacial score (nSPS) is 12.6. The van der Waals surface area contributed by atoms with Crippen molar-refractivity contribution in [2.75, 3.05) is 6.54 Å². The lowest BCUT2D eigenvalue weighted by Gasteiger charge is -2.17. The molecule has 2 rings (SSSR count). The number of nitrogens with two attached hydrogens (primary N) is 1. The number of carbonyl (C=O) groups is 1. The molecule has 0 aliphatic heterocycles. The maximum Gasteiger partial charge on any atom is 0.268 e. The number of nitrogens with zero attached hydrogens (tertiary/aromatic N) is 2. The minimum atomic E-state index is -2.64. The zero-order valence-electron chi connectivity index (χ0n) is 12.3. The highest BCUT2D eigenvalue weighted by Gasteiger charge is 2.23. The van der Waals surface area contributed by atoms with Crippen molar-refractivity contribution in [3.8, 4) is 11.3 Å². The van der Waals surface area contributed by atoms with Gasteiger partial charge in [-0.15, -0.1) is 11.3 Å². The summed E-state index contributed by atoms with van der Waals surface area (Å²) >= 11 is 1.51. The summed E-state index contributed by atoms with van der Waals surface area (Å²) in [7, 11) is 1.69. The van der Waals surface area contributed by atoms with Gasteiger partial charge in [-0.3, -0.25) is 4.79 Å². The first-order valence-electron chi connectivity index (χ1n) is 6.80. The lowest BCUT2D eigenvalue weighted by Crippen LogP contribution is -2.41. The quantitative estimate of drug-likeness (QED) is 0.853. The van der Waals surface area contributed by atoms with Crippen LogP contribution in [0.1, 0.15) is 21.9 Å². The zero-order chi connectivity index (χ0) is 16.3. The Morgan fingerprint density at radius 3 is 2.82 bits per heavy atom. The number of carbonyl (C=O) groups excluding carboxylic acids is 1. The summed E-state index contributed by atoms with van der Waals surface area (Å²) < 4.78 is 27.3. The second-order valence-electron chi connectivity index (χ2n) is 4.97. The number of alkyl halides is 2. The summed E-state index contributed by atoms with van der Waals surface area (Å²) in [6.07, 6.45) is -0.858. The van der Waals surface area contributed by atoms with Crippen LogP contribution in [-0.4, -0.2) is 34.5 Å². The highest BCUT2D eigenvalue weighted by atomic mass is 32.1. The van der Waals surface area contributed by atoms with Gasteiger partial charge >= 0.3 is 0 Å². The van der Waals surface area contributed by atoms with Crippen LogP contribution in [0.3, 0.4) is 0 Å². The number of rotatable bonds is 6. The third kappa shape index (κ3) is 3.69. The number of hydrogen-bond acceptors (Lipinski definition) is 4. The molecule has 0 spiro atoms. The predicted octanol–water partition coefficient (Wildman–Crippen LogP) is 2.17. The first-order chi connectivity index (χ1) is 10.4. The first-order valence-corrected chi connectivity index (χ1v) is 7.68. The van der Waals surface area contributed by atoms with E-state index in [-0.39, 0.29) is 13.0 Å². The van der Waals surface area contributed by atoms with Crippen LogP contribution >= 0.6 is 11.3 Å². The molecule has 2 heterocycles. The minimum absolute atomic E-state index is 0.0337. The van der Waals surface area contributed by atoms with Crippen LogP contribution in [0.5, 0.6) is 0 Å². The molecule has 0 aromatic carbocycles. The summed E-state index contributed by atoms with van der Waals surface area (Å²) in [6.45, 7) is 1.98. The molecule has 1 atom stereocenters. The van der Waals surface area contributed by atoms with Gasteiger partial charge in [0.15, 0.2) is 0 Å². The van der Waals surface area contributed by atoms with Gasteiger partial charge in [0, 0.05) is 24.2 Å². The predicted molar refractivity (Wildman–Crippen MR) is 82.2 cm³/mol. The van der Waals surface area contributed by atoms with Crippen molar-refractivity contribution in [3.63, 3.8) is 0 Å². The van der Waals surface area contributed by atoms with Crippen molar-refractivity contribution in [2.24, 2.45) is 12.8 Å². The Morgan fingerprint density at radius 1 is 1.55 bits per heavy atom. The average Bonchev–Trinajstić information content (AvgIpc) is 3.04. The third-order valence-electron chi connectivity index (χ3n) is 3.25. The average molecular weight is 328 g/mol. The lowest BCUT2D eigenvalue weighted by atomic mass is 10.2. The van der Waals surface area contributed by atoms with E-state index in [4.69, 9.17) is 5.73 Å². The van der Waals surface area contributed by atoms with Crippen LogP contribution in [0.25, 0.3) is 11.3 Å². The summed E-state index contributed by atoms with van der Waals surface area (Å²) in [4.78, 5) is 16.5. The summed E-state index contributed by atoms with van der Waals surface area (Å²) in [5.74, 6) is -0.542. The topological polar surface area (TPSA) is 72.9 Å². The number of nitrogens with one attached hydrogen (secondary N) is 1. The van der Waals surface area contributed by atoms with Crippen molar-refractivity contribution in [2.45, 2.75) is 25.8 Å². The van der Waals surface area contributed by atoms with Gasteiger partial charge in [0.05, 0.1) is 16.7 Å². The smallest absolute Gasteiger partial charge is 0.268 e. The van der Waals surface area contributed by atoms with Gasteiger partial charge in [0.2, 0.25) is 0 Å². The van der Waals surface area contributed by atoms with E-state index in [9.17, 15) is 13.6 Å². The molecule has 2 aromatic rings. The van der Waals surface area contributed by atoms with E-state index in [0.717, 1.165) is 16.3 Å². The molecule has 3 N–H and O–H groups in total. The van der Waals surface area contributed by atoms with E-state index in [1.807, 2.05) is 12.3 Å². The molecule has 0 saturated carbocycles. The number of amides is 1. The molecule has 0 fully saturated rings. The molecule has 0 bridgehead atoms. The van der Waals surface area contributed by atoms with Gasteiger partial charge < -0.3 is 15.6 Å². The number of aryl methyl sites for hydroxylation is 2. The van der Waals surface area contributed by atoms with Crippen molar-refractivity contribution in [3.05, 3.63) is 28.3 Å². The Labute approximate surface area is 131 Å². The van der Waals surface area contributed by atoms with E-state index in [1.54, 1.807) is 23.9 Å². The van der Waals surface area contributed by atoms with Gasteiger partial charge in [-0.05, 0) is 26.0 Å². The minimum Gasteiger partial charge on any atom is -0.346 e. The molecule has 0 aliphatic rings. The summed E-state index contributed by atoms with van der Waals surface area (Å²) in [5.41, 5.74) is 7.16. The monoisotopic (exact) mass is 328 g/mol. The van der Waals surface area contributed by atoms with Crippen LogP contribution in [0, 0.1) is 6.92 Å². The van der Waals surface area contributed by atoms with Crippen molar-refractivity contribution >= 4 is 17.2 Å². The standard InChI is InChI=1S/C14H18F2N4OS/c1-8-18-11(7-22-8)9-5-12(20(2)6-9)14(21)19-10(3-4-17)13(15)16/h5-7,10,13H,3-4,17H2,1-2H3,(H,19,21). The summed E-state index contributed by atoms with van der Waals surface area (Å²) in [5, 5.41) is 5.15. The Balaban J connectivity index is 2.18. The third-order valence-corrected chi connectivity index (χ3v) is 4.02. The molecule has 0 saturated heterocycles. The van der Waals surface area contributed by atoms with Crippen LogP contribution in [0.15, 0.2) is 17.6 Å². The van der Waals surface area contributed by atoms with Crippen molar-refractivity contribution in [1.82, 2.24) is 14.9 Å². The van der Waals surface area contributed by atoms with Crippen LogP contribution in [0.4, 0.5) is 8.78 Å². The van der Waals surface area contributed by atoms with Crippen molar-refractivity contribution < 1.29 is 13.6 Å². The van der Waals surface area contributed by atoms with Crippen LogP contribution in [0.2, 0.25) is 0 Å². The Morgan fingerprint density at radius 2 is 2.27 bits per heavy atom. The van der Waals surface area contributed by atoms with Gasteiger partial charge in [-0.2, -0.15) is 0 Å². The highest BCUT2D eigenvalue weighted by Crippen LogP contribution is 2.23. The fourth-order valence-corrected chi connectivity index (χ4v) is 2.73. The summed E-state index contributed by atoms with van der Waals surface area (Å²) in [6, 6.07) is 0.409. The largest absolute Gasteiger partial charge is 0.346 e. The Kier molecular flexibility index (Phi) is 5.25. The second-order valence-corrected chi connectivity index (χ2v) is 6.03. The molecule has 1 amide bonds. The molecule has 8 heteroatoms.